The molecule has 0 saturated carbocycles. The molecule has 0 spiro atoms. The van der Waals surface area contributed by atoms with Gasteiger partial charge in [-0.25, -0.2) is 0 Å². The molecule has 1 aliphatic heterocycles. The van der Waals surface area contributed by atoms with E-state index in [4.69, 9.17) is 4.74 Å². The first kappa shape index (κ1) is 9.39. The SMILES string of the molecule is Cc1ccc2c(=O)n3c(nc2c1)OCC3C. The highest BCUT2D eigenvalue weighted by Crippen LogP contribution is 2.23. The van der Waals surface area contributed by atoms with Gasteiger partial charge in [-0.3, -0.25) is 9.36 Å². The second-order valence-electron chi connectivity index (χ2n) is 4.25. The summed E-state index contributed by atoms with van der Waals surface area (Å²) in [6.07, 6.45) is 0. The third kappa shape index (κ3) is 1.16. The molecule has 0 fully saturated rings. The quantitative estimate of drug-likeness (QED) is 0.672. The van der Waals surface area contributed by atoms with Crippen LogP contribution in [-0.2, 0) is 0 Å². The standard InChI is InChI=1S/C12H12N2O2/c1-7-3-4-9-10(5-7)13-12-14(11(9)15)8(2)6-16-12/h3-5,8H,6H2,1-2H3. The van der Waals surface area contributed by atoms with Gasteiger partial charge in [0.25, 0.3) is 11.6 Å². The van der Waals surface area contributed by atoms with E-state index in [2.05, 4.69) is 4.98 Å². The average molecular weight is 216 g/mol. The molecular weight excluding hydrogens is 204 g/mol. The van der Waals surface area contributed by atoms with Crippen LogP contribution in [0.2, 0.25) is 0 Å². The Labute approximate surface area is 92.5 Å². The Bertz CT molecular complexity index is 631. The molecule has 0 saturated heterocycles. The summed E-state index contributed by atoms with van der Waals surface area (Å²) >= 11 is 0. The summed E-state index contributed by atoms with van der Waals surface area (Å²) in [5, 5.41) is 0.659. The largest absolute Gasteiger partial charge is 0.462 e. The maximum Gasteiger partial charge on any atom is 0.300 e. The van der Waals surface area contributed by atoms with E-state index in [0.717, 1.165) is 5.56 Å². The monoisotopic (exact) mass is 216 g/mol. The predicted molar refractivity (Wildman–Crippen MR) is 60.9 cm³/mol. The van der Waals surface area contributed by atoms with Crippen LogP contribution in [0.1, 0.15) is 18.5 Å². The van der Waals surface area contributed by atoms with Crippen molar-refractivity contribution in [3.05, 3.63) is 34.1 Å². The van der Waals surface area contributed by atoms with Crippen molar-refractivity contribution in [3.8, 4) is 6.01 Å². The van der Waals surface area contributed by atoms with E-state index in [1.54, 1.807) is 4.57 Å². The molecule has 0 N–H and O–H groups in total. The summed E-state index contributed by atoms with van der Waals surface area (Å²) in [5.74, 6) is 0. The summed E-state index contributed by atoms with van der Waals surface area (Å²) in [6.45, 7) is 4.46. The lowest BCUT2D eigenvalue weighted by Gasteiger charge is -2.06. The number of ether oxygens (including phenoxy) is 1. The van der Waals surface area contributed by atoms with Crippen LogP contribution in [-0.4, -0.2) is 16.2 Å². The first-order valence-corrected chi connectivity index (χ1v) is 5.32. The smallest absolute Gasteiger partial charge is 0.300 e. The number of aryl methyl sites for hydroxylation is 1. The van der Waals surface area contributed by atoms with Crippen LogP contribution in [0.15, 0.2) is 23.0 Å². The minimum Gasteiger partial charge on any atom is -0.462 e. The molecule has 4 heteroatoms. The zero-order valence-corrected chi connectivity index (χ0v) is 9.23. The highest BCUT2D eigenvalue weighted by molar-refractivity contribution is 5.78. The van der Waals surface area contributed by atoms with Gasteiger partial charge >= 0.3 is 0 Å². The predicted octanol–water partition coefficient (Wildman–Crippen LogP) is 1.66. The van der Waals surface area contributed by atoms with E-state index in [1.165, 1.54) is 0 Å². The van der Waals surface area contributed by atoms with Crippen LogP contribution in [0.3, 0.4) is 0 Å². The van der Waals surface area contributed by atoms with Crippen molar-refractivity contribution in [2.24, 2.45) is 0 Å². The van der Waals surface area contributed by atoms with Crippen molar-refractivity contribution < 1.29 is 4.74 Å². The Morgan fingerprint density at radius 2 is 2.31 bits per heavy atom. The Hall–Kier alpha value is -1.84. The zero-order valence-electron chi connectivity index (χ0n) is 9.23. The molecule has 82 valence electrons. The summed E-state index contributed by atoms with van der Waals surface area (Å²) in [6, 6.07) is 6.18. The molecule has 0 aliphatic carbocycles. The van der Waals surface area contributed by atoms with Gasteiger partial charge in [0.1, 0.15) is 6.61 Å². The van der Waals surface area contributed by atoms with Gasteiger partial charge in [-0.15, -0.1) is 0 Å². The van der Waals surface area contributed by atoms with Crippen LogP contribution in [0, 0.1) is 6.92 Å². The fourth-order valence-electron chi connectivity index (χ4n) is 2.05. The minimum atomic E-state index is -0.00926. The number of rotatable bonds is 0. The number of hydrogen-bond acceptors (Lipinski definition) is 3. The van der Waals surface area contributed by atoms with Crippen LogP contribution in [0.5, 0.6) is 6.01 Å². The van der Waals surface area contributed by atoms with Gasteiger partial charge in [-0.2, -0.15) is 4.98 Å². The Morgan fingerprint density at radius 1 is 1.50 bits per heavy atom. The molecule has 0 radical (unpaired) electrons. The minimum absolute atomic E-state index is 0.00926. The molecule has 1 atom stereocenters. The number of aromatic nitrogens is 2. The van der Waals surface area contributed by atoms with Gasteiger partial charge in [0.05, 0.1) is 16.9 Å². The van der Waals surface area contributed by atoms with Gasteiger partial charge in [0.2, 0.25) is 0 Å². The second-order valence-corrected chi connectivity index (χ2v) is 4.25. The molecule has 4 nitrogen and oxygen atoms in total. The number of fused-ring (bicyclic) bond motifs is 2. The molecule has 0 bridgehead atoms. The topological polar surface area (TPSA) is 44.1 Å². The highest BCUT2D eigenvalue weighted by Gasteiger charge is 2.23. The van der Waals surface area contributed by atoms with Gasteiger partial charge in [0, 0.05) is 0 Å². The number of nitrogens with zero attached hydrogens (tertiary/aromatic N) is 2. The lowest BCUT2D eigenvalue weighted by molar-refractivity contribution is 0.327. The van der Waals surface area contributed by atoms with Crippen LogP contribution in [0.25, 0.3) is 10.9 Å². The van der Waals surface area contributed by atoms with E-state index in [1.807, 2.05) is 32.0 Å². The van der Waals surface area contributed by atoms with Gasteiger partial charge in [-0.05, 0) is 31.5 Å². The van der Waals surface area contributed by atoms with E-state index in [9.17, 15) is 4.79 Å². The lowest BCUT2D eigenvalue weighted by Crippen LogP contribution is -2.21. The van der Waals surface area contributed by atoms with Crippen molar-refractivity contribution in [2.45, 2.75) is 19.9 Å². The van der Waals surface area contributed by atoms with Crippen molar-refractivity contribution in [1.29, 1.82) is 0 Å². The average Bonchev–Trinajstić information content (AvgIpc) is 2.60. The van der Waals surface area contributed by atoms with E-state index in [-0.39, 0.29) is 11.6 Å². The highest BCUT2D eigenvalue weighted by atomic mass is 16.5. The van der Waals surface area contributed by atoms with E-state index < -0.39 is 0 Å². The van der Waals surface area contributed by atoms with Crippen molar-refractivity contribution in [1.82, 2.24) is 9.55 Å². The Kier molecular flexibility index (Phi) is 1.80. The normalized spacial score (nSPS) is 18.5. The van der Waals surface area contributed by atoms with Crippen molar-refractivity contribution in [3.63, 3.8) is 0 Å². The lowest BCUT2D eigenvalue weighted by atomic mass is 10.2. The number of hydrogen-bond donors (Lipinski definition) is 0. The summed E-state index contributed by atoms with van der Waals surface area (Å²) < 4.78 is 7.01. The molecular formula is C12H12N2O2. The molecule has 3 rings (SSSR count). The Morgan fingerprint density at radius 3 is 3.12 bits per heavy atom. The maximum absolute atomic E-state index is 12.2. The molecule has 1 aromatic carbocycles. The number of benzene rings is 1. The maximum atomic E-state index is 12.2. The van der Waals surface area contributed by atoms with Crippen molar-refractivity contribution in [2.75, 3.05) is 6.61 Å². The molecule has 2 aromatic rings. The first-order chi connectivity index (χ1) is 7.66. The van der Waals surface area contributed by atoms with Gasteiger partial charge < -0.3 is 4.74 Å². The molecule has 1 unspecified atom stereocenters. The zero-order chi connectivity index (χ0) is 11.3. The second kappa shape index (κ2) is 3.07. The third-order valence-corrected chi connectivity index (χ3v) is 2.92. The Balaban J connectivity index is 2.44. The molecule has 2 heterocycles. The summed E-state index contributed by atoms with van der Waals surface area (Å²) in [5.41, 5.74) is 1.80. The first-order valence-electron chi connectivity index (χ1n) is 5.32. The van der Waals surface area contributed by atoms with Crippen LogP contribution < -0.4 is 10.3 Å². The van der Waals surface area contributed by atoms with E-state index >= 15 is 0 Å². The molecule has 0 amide bonds. The van der Waals surface area contributed by atoms with Gasteiger partial charge in [0.15, 0.2) is 0 Å². The van der Waals surface area contributed by atoms with Crippen LogP contribution >= 0.6 is 0 Å². The summed E-state index contributed by atoms with van der Waals surface area (Å²) in [7, 11) is 0. The molecule has 1 aliphatic rings. The summed E-state index contributed by atoms with van der Waals surface area (Å²) in [4.78, 5) is 16.6. The fourth-order valence-corrected chi connectivity index (χ4v) is 2.05. The van der Waals surface area contributed by atoms with Crippen LogP contribution in [0.4, 0.5) is 0 Å². The third-order valence-electron chi connectivity index (χ3n) is 2.92. The molecule has 1 aromatic heterocycles. The van der Waals surface area contributed by atoms with E-state index in [0.29, 0.717) is 23.5 Å². The molecule has 16 heavy (non-hydrogen) atoms. The fraction of sp³-hybridized carbons (Fsp3) is 0.333. The van der Waals surface area contributed by atoms with Gasteiger partial charge in [-0.1, -0.05) is 6.07 Å². The van der Waals surface area contributed by atoms with Crippen molar-refractivity contribution >= 4 is 10.9 Å².